The fraction of sp³-hybridized carbons (Fsp3) is 0.211. The van der Waals surface area contributed by atoms with E-state index in [0.717, 1.165) is 16.7 Å². The molecule has 2 heteroatoms. The smallest absolute Gasteiger partial charge is 0.258 e. The Bertz CT molecular complexity index is 689. The maximum absolute atomic E-state index is 12.3. The van der Waals surface area contributed by atoms with Gasteiger partial charge in [0.05, 0.1) is 6.54 Å². The van der Waals surface area contributed by atoms with Crippen molar-refractivity contribution in [3.8, 4) is 0 Å². The van der Waals surface area contributed by atoms with Gasteiger partial charge in [0, 0.05) is 17.2 Å². The number of rotatable bonds is 2. The second-order valence-electron chi connectivity index (χ2n) is 6.09. The van der Waals surface area contributed by atoms with Crippen LogP contribution in [-0.2, 0) is 6.54 Å². The SMILES string of the molecule is CC1(C)C=CC=C(/C=C/N2Cc3ccccc3C2=O)C=C1. The van der Waals surface area contributed by atoms with Crippen molar-refractivity contribution in [2.24, 2.45) is 5.41 Å². The number of hydrogen-bond donors (Lipinski definition) is 0. The molecule has 0 spiro atoms. The Morgan fingerprint density at radius 3 is 2.81 bits per heavy atom. The molecule has 1 heterocycles. The summed E-state index contributed by atoms with van der Waals surface area (Å²) in [4.78, 5) is 14.0. The van der Waals surface area contributed by atoms with Crippen LogP contribution in [0.3, 0.4) is 0 Å². The van der Waals surface area contributed by atoms with Crippen LogP contribution in [0.2, 0.25) is 0 Å². The van der Waals surface area contributed by atoms with Crippen LogP contribution in [-0.4, -0.2) is 10.8 Å². The first kappa shape index (κ1) is 13.6. The molecule has 0 saturated carbocycles. The van der Waals surface area contributed by atoms with Gasteiger partial charge in [0.15, 0.2) is 0 Å². The predicted molar refractivity (Wildman–Crippen MR) is 85.6 cm³/mol. The predicted octanol–water partition coefficient (Wildman–Crippen LogP) is 4.23. The maximum Gasteiger partial charge on any atom is 0.258 e. The standard InChI is InChI=1S/C19H19NO/c1-19(2)11-5-6-15(9-12-19)10-13-20-14-16-7-3-4-8-17(16)18(20)21/h3-13H,14H2,1-2H3/b13-10+. The number of carbonyl (C=O) groups is 1. The number of hydrogen-bond acceptors (Lipinski definition) is 1. The molecule has 21 heavy (non-hydrogen) atoms. The van der Waals surface area contributed by atoms with Crippen molar-refractivity contribution in [3.63, 3.8) is 0 Å². The van der Waals surface area contributed by atoms with Crippen LogP contribution in [0, 0.1) is 5.41 Å². The van der Waals surface area contributed by atoms with E-state index in [4.69, 9.17) is 0 Å². The van der Waals surface area contributed by atoms with E-state index >= 15 is 0 Å². The second kappa shape index (κ2) is 5.21. The topological polar surface area (TPSA) is 20.3 Å². The van der Waals surface area contributed by atoms with Gasteiger partial charge >= 0.3 is 0 Å². The van der Waals surface area contributed by atoms with Crippen LogP contribution in [0.15, 0.2) is 72.5 Å². The Kier molecular flexibility index (Phi) is 3.38. The zero-order valence-corrected chi connectivity index (χ0v) is 12.4. The van der Waals surface area contributed by atoms with Gasteiger partial charge in [-0.25, -0.2) is 0 Å². The molecule has 2 nitrogen and oxygen atoms in total. The molecule has 0 fully saturated rings. The highest BCUT2D eigenvalue weighted by Gasteiger charge is 2.24. The maximum atomic E-state index is 12.3. The molecule has 1 aromatic rings. The lowest BCUT2D eigenvalue weighted by molar-refractivity contribution is 0.0842. The van der Waals surface area contributed by atoms with Gasteiger partial charge in [0.2, 0.25) is 0 Å². The first-order chi connectivity index (χ1) is 10.1. The molecule has 0 radical (unpaired) electrons. The Balaban J connectivity index is 1.76. The second-order valence-corrected chi connectivity index (χ2v) is 6.09. The largest absolute Gasteiger partial charge is 0.311 e. The minimum Gasteiger partial charge on any atom is -0.311 e. The fourth-order valence-electron chi connectivity index (χ4n) is 2.51. The van der Waals surface area contributed by atoms with Gasteiger partial charge in [-0.05, 0) is 23.3 Å². The van der Waals surface area contributed by atoms with E-state index in [2.05, 4.69) is 44.2 Å². The molecule has 0 saturated heterocycles. The third kappa shape index (κ3) is 2.89. The normalized spacial score (nSPS) is 19.8. The Morgan fingerprint density at radius 2 is 2.00 bits per heavy atom. The van der Waals surface area contributed by atoms with Crippen molar-refractivity contribution in [2.45, 2.75) is 20.4 Å². The molecule has 0 unspecified atom stereocenters. The summed E-state index contributed by atoms with van der Waals surface area (Å²) >= 11 is 0. The highest BCUT2D eigenvalue weighted by Crippen LogP contribution is 2.25. The van der Waals surface area contributed by atoms with Crippen molar-refractivity contribution >= 4 is 5.91 Å². The van der Waals surface area contributed by atoms with Gasteiger partial charge < -0.3 is 4.90 Å². The van der Waals surface area contributed by atoms with E-state index in [9.17, 15) is 4.79 Å². The van der Waals surface area contributed by atoms with Crippen LogP contribution in [0.25, 0.3) is 0 Å². The summed E-state index contributed by atoms with van der Waals surface area (Å²) in [6, 6.07) is 7.79. The van der Waals surface area contributed by atoms with Gasteiger partial charge in [0.1, 0.15) is 0 Å². The molecule has 1 aromatic carbocycles. The molecule has 0 atom stereocenters. The van der Waals surface area contributed by atoms with E-state index in [1.807, 2.05) is 36.5 Å². The Labute approximate surface area is 125 Å². The molecule has 1 amide bonds. The molecule has 1 aliphatic carbocycles. The third-order valence-corrected chi connectivity index (χ3v) is 3.82. The Morgan fingerprint density at radius 1 is 1.19 bits per heavy atom. The molecule has 1 aliphatic heterocycles. The monoisotopic (exact) mass is 277 g/mol. The third-order valence-electron chi connectivity index (χ3n) is 3.82. The van der Waals surface area contributed by atoms with Gasteiger partial charge in [-0.1, -0.05) is 62.4 Å². The highest BCUT2D eigenvalue weighted by atomic mass is 16.2. The average molecular weight is 277 g/mol. The van der Waals surface area contributed by atoms with Crippen molar-refractivity contribution < 1.29 is 4.79 Å². The lowest BCUT2D eigenvalue weighted by Crippen LogP contribution is -2.16. The molecule has 106 valence electrons. The van der Waals surface area contributed by atoms with E-state index in [1.165, 1.54) is 0 Å². The van der Waals surface area contributed by atoms with Crippen molar-refractivity contribution in [1.82, 2.24) is 4.90 Å². The summed E-state index contributed by atoms with van der Waals surface area (Å²) in [6.45, 7) is 4.99. The molecule has 0 aromatic heterocycles. The molecular formula is C19H19NO. The lowest BCUT2D eigenvalue weighted by Gasteiger charge is -2.12. The number of benzene rings is 1. The summed E-state index contributed by atoms with van der Waals surface area (Å²) in [5.41, 5.74) is 3.08. The van der Waals surface area contributed by atoms with Crippen LogP contribution in [0.4, 0.5) is 0 Å². The molecule has 2 aliphatic rings. The summed E-state index contributed by atoms with van der Waals surface area (Å²) in [6.07, 6.45) is 14.4. The van der Waals surface area contributed by atoms with Crippen LogP contribution >= 0.6 is 0 Å². The van der Waals surface area contributed by atoms with Crippen LogP contribution in [0.1, 0.15) is 29.8 Å². The van der Waals surface area contributed by atoms with Crippen molar-refractivity contribution in [1.29, 1.82) is 0 Å². The number of nitrogens with zero attached hydrogens (tertiary/aromatic N) is 1. The quantitative estimate of drug-likeness (QED) is 0.792. The summed E-state index contributed by atoms with van der Waals surface area (Å²) in [5, 5.41) is 0. The van der Waals surface area contributed by atoms with Gasteiger partial charge in [-0.3, -0.25) is 4.79 Å². The summed E-state index contributed by atoms with van der Waals surface area (Å²) < 4.78 is 0. The van der Waals surface area contributed by atoms with Crippen LogP contribution < -0.4 is 0 Å². The van der Waals surface area contributed by atoms with E-state index in [0.29, 0.717) is 6.54 Å². The van der Waals surface area contributed by atoms with Gasteiger partial charge in [0.25, 0.3) is 5.91 Å². The van der Waals surface area contributed by atoms with Crippen LogP contribution in [0.5, 0.6) is 0 Å². The Hall–Kier alpha value is -2.35. The zero-order chi connectivity index (χ0) is 14.9. The van der Waals surface area contributed by atoms with Gasteiger partial charge in [-0.15, -0.1) is 0 Å². The minimum absolute atomic E-state index is 0.0752. The van der Waals surface area contributed by atoms with Gasteiger partial charge in [-0.2, -0.15) is 0 Å². The van der Waals surface area contributed by atoms with Crippen molar-refractivity contribution in [2.75, 3.05) is 0 Å². The number of fused-ring (bicyclic) bond motifs is 1. The molecule has 0 N–H and O–H groups in total. The van der Waals surface area contributed by atoms with E-state index < -0.39 is 0 Å². The molecular weight excluding hydrogens is 258 g/mol. The number of allylic oxidation sites excluding steroid dienone is 7. The fourth-order valence-corrected chi connectivity index (χ4v) is 2.51. The number of amides is 1. The lowest BCUT2D eigenvalue weighted by atomic mass is 9.93. The summed E-state index contributed by atoms with van der Waals surface area (Å²) in [5.74, 6) is 0.0796. The highest BCUT2D eigenvalue weighted by molar-refractivity contribution is 5.98. The minimum atomic E-state index is 0.0752. The first-order valence-electron chi connectivity index (χ1n) is 7.21. The zero-order valence-electron chi connectivity index (χ0n) is 12.4. The van der Waals surface area contributed by atoms with E-state index in [-0.39, 0.29) is 11.3 Å². The van der Waals surface area contributed by atoms with Crippen molar-refractivity contribution in [3.05, 3.63) is 83.6 Å². The molecule has 0 bridgehead atoms. The number of carbonyl (C=O) groups excluding carboxylic acids is 1. The molecule has 3 rings (SSSR count). The first-order valence-corrected chi connectivity index (χ1v) is 7.21. The van der Waals surface area contributed by atoms with E-state index in [1.54, 1.807) is 4.90 Å². The average Bonchev–Trinajstić information content (AvgIpc) is 2.67. The summed E-state index contributed by atoms with van der Waals surface area (Å²) in [7, 11) is 0.